The maximum Gasteiger partial charge on any atom is 0.0900 e. The summed E-state index contributed by atoms with van der Waals surface area (Å²) in [5.41, 5.74) is -0.354. The van der Waals surface area contributed by atoms with Crippen molar-refractivity contribution in [1.82, 2.24) is 9.80 Å². The van der Waals surface area contributed by atoms with Gasteiger partial charge < -0.3 is 10.0 Å². The van der Waals surface area contributed by atoms with Crippen molar-refractivity contribution in [1.29, 1.82) is 0 Å². The Kier molecular flexibility index (Phi) is 4.35. The van der Waals surface area contributed by atoms with E-state index >= 15 is 0 Å². The first-order chi connectivity index (χ1) is 6.56. The number of hydrogen-bond donors (Lipinski definition) is 1. The van der Waals surface area contributed by atoms with Gasteiger partial charge in [0.15, 0.2) is 0 Å². The van der Waals surface area contributed by atoms with E-state index in [1.54, 1.807) is 0 Å². The highest BCUT2D eigenvalue weighted by Gasteiger charge is 2.39. The first-order valence-corrected chi connectivity index (χ1v) is 5.65. The molecule has 84 valence electrons. The molecule has 0 saturated carbocycles. The van der Waals surface area contributed by atoms with Crippen LogP contribution in [0, 0.1) is 0 Å². The maximum atomic E-state index is 9.94. The lowest BCUT2D eigenvalue weighted by Gasteiger charge is -2.46. The molecule has 0 atom stereocenters. The molecular formula is C11H24N2O. The van der Waals surface area contributed by atoms with Crippen LogP contribution < -0.4 is 0 Å². The Labute approximate surface area is 87.7 Å². The number of likely N-dealkylation sites (tertiary alicyclic amines) is 1. The zero-order valence-electron chi connectivity index (χ0n) is 9.79. The minimum Gasteiger partial charge on any atom is -0.387 e. The fourth-order valence-corrected chi connectivity index (χ4v) is 2.18. The lowest BCUT2D eigenvalue weighted by Crippen LogP contribution is -2.61. The van der Waals surface area contributed by atoms with Crippen LogP contribution >= 0.6 is 0 Å². The third-order valence-electron chi connectivity index (χ3n) is 2.83. The molecule has 0 aromatic rings. The van der Waals surface area contributed by atoms with Gasteiger partial charge in [0, 0.05) is 13.1 Å². The van der Waals surface area contributed by atoms with Gasteiger partial charge in [-0.25, -0.2) is 0 Å². The Morgan fingerprint density at radius 3 is 2.50 bits per heavy atom. The molecule has 0 unspecified atom stereocenters. The van der Waals surface area contributed by atoms with Crippen LogP contribution in [0.15, 0.2) is 0 Å². The van der Waals surface area contributed by atoms with Crippen molar-refractivity contribution in [2.24, 2.45) is 0 Å². The monoisotopic (exact) mass is 200 g/mol. The van der Waals surface area contributed by atoms with E-state index in [1.165, 1.54) is 6.42 Å². The Balaban J connectivity index is 2.04. The molecule has 1 heterocycles. The Hall–Kier alpha value is -0.120. The molecule has 1 N–H and O–H groups in total. The van der Waals surface area contributed by atoms with Gasteiger partial charge in [-0.3, -0.25) is 4.90 Å². The summed E-state index contributed by atoms with van der Waals surface area (Å²) in [6.45, 7) is 6.17. The van der Waals surface area contributed by atoms with E-state index in [0.717, 1.165) is 39.0 Å². The van der Waals surface area contributed by atoms with Crippen molar-refractivity contribution in [3.8, 4) is 0 Å². The first kappa shape index (κ1) is 12.0. The quantitative estimate of drug-likeness (QED) is 0.686. The van der Waals surface area contributed by atoms with E-state index in [2.05, 4.69) is 30.8 Å². The molecule has 0 amide bonds. The smallest absolute Gasteiger partial charge is 0.0900 e. The normalized spacial score (nSPS) is 21.2. The number of aliphatic hydroxyl groups is 1. The third kappa shape index (κ3) is 3.56. The van der Waals surface area contributed by atoms with Crippen molar-refractivity contribution in [3.63, 3.8) is 0 Å². The fourth-order valence-electron chi connectivity index (χ4n) is 2.18. The molecule has 1 fully saturated rings. The van der Waals surface area contributed by atoms with E-state index in [1.807, 2.05) is 0 Å². The van der Waals surface area contributed by atoms with Gasteiger partial charge in [0.25, 0.3) is 0 Å². The molecular weight excluding hydrogens is 176 g/mol. The van der Waals surface area contributed by atoms with Crippen LogP contribution in [0.25, 0.3) is 0 Å². The minimum absolute atomic E-state index is 0.354. The van der Waals surface area contributed by atoms with Gasteiger partial charge in [0.05, 0.1) is 5.60 Å². The van der Waals surface area contributed by atoms with Gasteiger partial charge in [0.1, 0.15) is 0 Å². The van der Waals surface area contributed by atoms with E-state index in [-0.39, 0.29) is 5.60 Å². The summed E-state index contributed by atoms with van der Waals surface area (Å²) in [7, 11) is 4.20. The van der Waals surface area contributed by atoms with Crippen LogP contribution in [0.1, 0.15) is 26.2 Å². The van der Waals surface area contributed by atoms with E-state index in [4.69, 9.17) is 0 Å². The Morgan fingerprint density at radius 1 is 1.36 bits per heavy atom. The predicted molar refractivity (Wildman–Crippen MR) is 59.5 cm³/mol. The summed E-state index contributed by atoms with van der Waals surface area (Å²) in [4.78, 5) is 4.55. The summed E-state index contributed by atoms with van der Waals surface area (Å²) < 4.78 is 0. The van der Waals surface area contributed by atoms with Crippen LogP contribution in [0.4, 0.5) is 0 Å². The summed E-state index contributed by atoms with van der Waals surface area (Å²) >= 11 is 0. The highest BCUT2D eigenvalue weighted by atomic mass is 16.3. The molecule has 14 heavy (non-hydrogen) atoms. The van der Waals surface area contributed by atoms with Crippen molar-refractivity contribution in [2.75, 3.05) is 40.3 Å². The highest BCUT2D eigenvalue weighted by molar-refractivity contribution is 4.94. The highest BCUT2D eigenvalue weighted by Crippen LogP contribution is 2.25. The van der Waals surface area contributed by atoms with Crippen LogP contribution in [-0.2, 0) is 0 Å². The lowest BCUT2D eigenvalue weighted by molar-refractivity contribution is -0.103. The van der Waals surface area contributed by atoms with E-state index in [0.29, 0.717) is 0 Å². The maximum absolute atomic E-state index is 9.94. The SMILES string of the molecule is CCCC1(O)CN(CCCN(C)C)C1. The summed E-state index contributed by atoms with van der Waals surface area (Å²) in [5, 5.41) is 9.94. The van der Waals surface area contributed by atoms with Gasteiger partial charge in [-0.15, -0.1) is 0 Å². The topological polar surface area (TPSA) is 26.7 Å². The largest absolute Gasteiger partial charge is 0.387 e. The lowest BCUT2D eigenvalue weighted by atomic mass is 9.89. The van der Waals surface area contributed by atoms with Gasteiger partial charge in [0.2, 0.25) is 0 Å². The number of nitrogens with zero attached hydrogens (tertiary/aromatic N) is 2. The molecule has 0 spiro atoms. The zero-order chi connectivity index (χ0) is 10.6. The van der Waals surface area contributed by atoms with Crippen molar-refractivity contribution in [3.05, 3.63) is 0 Å². The van der Waals surface area contributed by atoms with Crippen LogP contribution in [0.3, 0.4) is 0 Å². The van der Waals surface area contributed by atoms with Crippen molar-refractivity contribution < 1.29 is 5.11 Å². The summed E-state index contributed by atoms with van der Waals surface area (Å²) in [5.74, 6) is 0. The molecule has 3 heteroatoms. The molecule has 0 bridgehead atoms. The second kappa shape index (κ2) is 5.10. The second-order valence-electron chi connectivity index (χ2n) is 4.84. The van der Waals surface area contributed by atoms with Gasteiger partial charge in [-0.05, 0) is 40.0 Å². The van der Waals surface area contributed by atoms with Crippen LogP contribution in [0.2, 0.25) is 0 Å². The molecule has 1 rings (SSSR count). The molecule has 0 aromatic heterocycles. The predicted octanol–water partition coefficient (Wildman–Crippen LogP) is 0.785. The average molecular weight is 200 g/mol. The first-order valence-electron chi connectivity index (χ1n) is 5.65. The van der Waals surface area contributed by atoms with Crippen molar-refractivity contribution >= 4 is 0 Å². The van der Waals surface area contributed by atoms with Crippen LogP contribution in [-0.4, -0.2) is 60.8 Å². The standard InChI is InChI=1S/C11H24N2O/c1-4-6-11(14)9-13(10-11)8-5-7-12(2)3/h14H,4-10H2,1-3H3. The molecule has 1 saturated heterocycles. The van der Waals surface area contributed by atoms with Gasteiger partial charge >= 0.3 is 0 Å². The van der Waals surface area contributed by atoms with Crippen molar-refractivity contribution in [2.45, 2.75) is 31.8 Å². The third-order valence-corrected chi connectivity index (χ3v) is 2.83. The molecule has 3 nitrogen and oxygen atoms in total. The average Bonchev–Trinajstić information content (AvgIpc) is 2.01. The molecule has 1 aliphatic rings. The minimum atomic E-state index is -0.354. The van der Waals surface area contributed by atoms with E-state index < -0.39 is 0 Å². The number of hydrogen-bond acceptors (Lipinski definition) is 3. The van der Waals surface area contributed by atoms with E-state index in [9.17, 15) is 5.11 Å². The Bertz CT molecular complexity index is 165. The molecule has 0 aromatic carbocycles. The number of β-amino-alcohol motifs (C(OH)–C–C–N with tert-alkyl or cyclic N) is 1. The second-order valence-corrected chi connectivity index (χ2v) is 4.84. The Morgan fingerprint density at radius 2 is 2.00 bits per heavy atom. The summed E-state index contributed by atoms with van der Waals surface area (Å²) in [6, 6.07) is 0. The fraction of sp³-hybridized carbons (Fsp3) is 1.00. The van der Waals surface area contributed by atoms with Gasteiger partial charge in [-0.2, -0.15) is 0 Å². The van der Waals surface area contributed by atoms with Gasteiger partial charge in [-0.1, -0.05) is 13.3 Å². The molecule has 1 aliphatic heterocycles. The molecule has 0 aliphatic carbocycles. The molecule has 0 radical (unpaired) electrons. The zero-order valence-corrected chi connectivity index (χ0v) is 9.79. The summed E-state index contributed by atoms with van der Waals surface area (Å²) in [6.07, 6.45) is 3.24. The number of rotatable bonds is 6. The van der Waals surface area contributed by atoms with Crippen LogP contribution in [0.5, 0.6) is 0 Å².